The Kier molecular flexibility index (Phi) is 4.23. The van der Waals surface area contributed by atoms with Gasteiger partial charge in [0, 0.05) is 31.6 Å². The number of aromatic nitrogens is 3. The molecule has 0 aliphatic carbocycles. The van der Waals surface area contributed by atoms with Crippen LogP contribution in [0.2, 0.25) is 0 Å². The van der Waals surface area contributed by atoms with E-state index in [9.17, 15) is 9.59 Å². The molecule has 1 aliphatic rings. The maximum atomic E-state index is 12.8. The molecule has 0 saturated heterocycles. The minimum absolute atomic E-state index is 0.203. The summed E-state index contributed by atoms with van der Waals surface area (Å²) in [5, 5.41) is 0. The van der Waals surface area contributed by atoms with Gasteiger partial charge in [-0.05, 0) is 6.92 Å². The van der Waals surface area contributed by atoms with Gasteiger partial charge < -0.3 is 19.6 Å². The molecular weight excluding hydrogens is 346 g/mol. The van der Waals surface area contributed by atoms with Crippen molar-refractivity contribution in [1.82, 2.24) is 19.4 Å². The molecule has 0 atom stereocenters. The van der Waals surface area contributed by atoms with E-state index in [1.54, 1.807) is 11.8 Å². The van der Waals surface area contributed by atoms with Crippen molar-refractivity contribution in [1.29, 1.82) is 0 Å². The number of nitrogens with two attached hydrogens (primary N) is 1. The van der Waals surface area contributed by atoms with Gasteiger partial charge in [0.25, 0.3) is 11.8 Å². The lowest BCUT2D eigenvalue weighted by Gasteiger charge is -2.19. The van der Waals surface area contributed by atoms with Crippen molar-refractivity contribution in [2.24, 2.45) is 5.73 Å². The molecule has 1 aromatic carbocycles. The molecule has 27 heavy (non-hydrogen) atoms. The fourth-order valence-electron chi connectivity index (χ4n) is 3.41. The summed E-state index contributed by atoms with van der Waals surface area (Å²) in [4.78, 5) is 34.9. The first-order valence-electron chi connectivity index (χ1n) is 8.70. The van der Waals surface area contributed by atoms with Crippen molar-refractivity contribution in [3.63, 3.8) is 0 Å². The maximum absolute atomic E-state index is 12.8. The molecule has 0 unspecified atom stereocenters. The molecule has 0 saturated carbocycles. The Morgan fingerprint density at radius 2 is 1.93 bits per heavy atom. The van der Waals surface area contributed by atoms with E-state index in [1.165, 1.54) is 6.39 Å². The third-order valence-corrected chi connectivity index (χ3v) is 4.78. The van der Waals surface area contributed by atoms with Gasteiger partial charge in [-0.1, -0.05) is 30.3 Å². The third kappa shape index (κ3) is 2.99. The Bertz CT molecular complexity index is 1010. The van der Waals surface area contributed by atoms with Crippen LogP contribution in [0.4, 0.5) is 0 Å². The fraction of sp³-hybridized carbons (Fsp3) is 0.263. The number of fused-ring (bicyclic) bond motifs is 1. The monoisotopic (exact) mass is 365 g/mol. The van der Waals surface area contributed by atoms with Crippen molar-refractivity contribution in [3.05, 3.63) is 59.6 Å². The molecule has 8 heteroatoms. The van der Waals surface area contributed by atoms with E-state index >= 15 is 0 Å². The number of carbonyl (C=O) groups is 2. The highest BCUT2D eigenvalue weighted by molar-refractivity contribution is 5.94. The number of amides is 2. The van der Waals surface area contributed by atoms with Gasteiger partial charge >= 0.3 is 0 Å². The van der Waals surface area contributed by atoms with Crippen LogP contribution >= 0.6 is 0 Å². The third-order valence-electron chi connectivity index (χ3n) is 4.78. The number of imidazole rings is 1. The Morgan fingerprint density at radius 1 is 1.15 bits per heavy atom. The van der Waals surface area contributed by atoms with E-state index in [2.05, 4.69) is 9.97 Å². The van der Waals surface area contributed by atoms with Crippen molar-refractivity contribution >= 4 is 11.8 Å². The molecule has 0 spiro atoms. The highest BCUT2D eigenvalue weighted by Crippen LogP contribution is 2.25. The lowest BCUT2D eigenvalue weighted by atomic mass is 10.2. The predicted molar refractivity (Wildman–Crippen MR) is 97.0 cm³/mol. The second-order valence-corrected chi connectivity index (χ2v) is 6.42. The number of benzene rings is 1. The Morgan fingerprint density at radius 3 is 2.59 bits per heavy atom. The first-order valence-corrected chi connectivity index (χ1v) is 8.70. The number of nitrogens with zero attached hydrogens (tertiary/aromatic N) is 4. The van der Waals surface area contributed by atoms with E-state index in [-0.39, 0.29) is 17.4 Å². The molecule has 138 valence electrons. The summed E-state index contributed by atoms with van der Waals surface area (Å²) >= 11 is 0. The number of carbonyl (C=O) groups excluding carboxylic acids is 2. The lowest BCUT2D eigenvalue weighted by Crippen LogP contribution is -2.34. The summed E-state index contributed by atoms with van der Waals surface area (Å²) in [6.07, 6.45) is 1.75. The van der Waals surface area contributed by atoms with Gasteiger partial charge in [-0.3, -0.25) is 9.59 Å². The zero-order chi connectivity index (χ0) is 19.0. The van der Waals surface area contributed by atoms with E-state index in [4.69, 9.17) is 10.2 Å². The second-order valence-electron chi connectivity index (χ2n) is 6.42. The molecule has 0 bridgehead atoms. The molecule has 0 radical (unpaired) electrons. The first kappa shape index (κ1) is 17.0. The summed E-state index contributed by atoms with van der Waals surface area (Å²) in [6, 6.07) is 9.63. The molecule has 4 rings (SSSR count). The molecule has 0 fully saturated rings. The minimum atomic E-state index is -0.563. The van der Waals surface area contributed by atoms with Gasteiger partial charge in [0.1, 0.15) is 11.5 Å². The average Bonchev–Trinajstić information content (AvgIpc) is 3.19. The average molecular weight is 365 g/mol. The van der Waals surface area contributed by atoms with Crippen LogP contribution in [0.5, 0.6) is 0 Å². The second kappa shape index (κ2) is 6.71. The molecule has 1 aliphatic heterocycles. The maximum Gasteiger partial charge on any atom is 0.291 e. The van der Waals surface area contributed by atoms with E-state index < -0.39 is 5.91 Å². The van der Waals surface area contributed by atoms with Gasteiger partial charge in [0.15, 0.2) is 6.39 Å². The Labute approximate surface area is 155 Å². The van der Waals surface area contributed by atoms with Crippen LogP contribution in [0.25, 0.3) is 11.4 Å². The Balaban J connectivity index is 1.69. The smallest absolute Gasteiger partial charge is 0.291 e. The summed E-state index contributed by atoms with van der Waals surface area (Å²) in [7, 11) is 0. The number of aryl methyl sites for hydroxylation is 1. The number of hydrogen-bond donors (Lipinski definition) is 1. The molecule has 2 amide bonds. The van der Waals surface area contributed by atoms with Gasteiger partial charge in [-0.15, -0.1) is 0 Å². The van der Waals surface area contributed by atoms with E-state index in [1.807, 2.05) is 34.9 Å². The van der Waals surface area contributed by atoms with Gasteiger partial charge in [-0.2, -0.15) is 0 Å². The largest absolute Gasteiger partial charge is 0.438 e. The SMILES string of the molecule is Cc1ncoc1C(=O)N1CCc2c(C(N)=O)nc(-c3ccccc3)n2CC1. The number of primary amides is 1. The highest BCUT2D eigenvalue weighted by atomic mass is 16.3. The van der Waals surface area contributed by atoms with Crippen molar-refractivity contribution in [2.45, 2.75) is 19.9 Å². The van der Waals surface area contributed by atoms with E-state index in [0.717, 1.165) is 11.3 Å². The molecule has 2 N–H and O–H groups in total. The lowest BCUT2D eigenvalue weighted by molar-refractivity contribution is 0.0726. The topological polar surface area (TPSA) is 107 Å². The molecule has 3 heterocycles. The quantitative estimate of drug-likeness (QED) is 0.759. The molecule has 8 nitrogen and oxygen atoms in total. The van der Waals surface area contributed by atoms with Crippen LogP contribution in [0, 0.1) is 6.92 Å². The standard InChI is InChI=1S/C19H19N5O3/c1-12-16(27-11-21-12)19(26)23-8-7-14-15(17(20)25)22-18(24(14)10-9-23)13-5-3-2-4-6-13/h2-6,11H,7-10H2,1H3,(H2,20,25). The van der Waals surface area contributed by atoms with Crippen molar-refractivity contribution in [2.75, 3.05) is 13.1 Å². The van der Waals surface area contributed by atoms with Crippen LogP contribution in [0.15, 0.2) is 41.1 Å². The summed E-state index contributed by atoms with van der Waals surface area (Å²) in [6.45, 7) is 3.17. The number of hydrogen-bond acceptors (Lipinski definition) is 5. The summed E-state index contributed by atoms with van der Waals surface area (Å²) in [5.41, 5.74) is 8.04. The number of oxazole rings is 1. The zero-order valence-corrected chi connectivity index (χ0v) is 14.9. The molecule has 3 aromatic rings. The first-order chi connectivity index (χ1) is 13.1. The van der Waals surface area contributed by atoms with Crippen LogP contribution in [-0.4, -0.2) is 44.3 Å². The molecular formula is C19H19N5O3. The van der Waals surface area contributed by atoms with Gasteiger partial charge in [0.05, 0.1) is 11.4 Å². The predicted octanol–water partition coefficient (Wildman–Crippen LogP) is 1.64. The Hall–Kier alpha value is -3.42. The zero-order valence-electron chi connectivity index (χ0n) is 14.9. The summed E-state index contributed by atoms with van der Waals surface area (Å²) < 4.78 is 7.22. The van der Waals surface area contributed by atoms with Crippen molar-refractivity contribution < 1.29 is 14.0 Å². The van der Waals surface area contributed by atoms with Crippen LogP contribution in [0.1, 0.15) is 32.4 Å². The highest BCUT2D eigenvalue weighted by Gasteiger charge is 2.28. The van der Waals surface area contributed by atoms with Crippen LogP contribution < -0.4 is 5.73 Å². The minimum Gasteiger partial charge on any atom is -0.438 e. The van der Waals surface area contributed by atoms with Crippen LogP contribution in [-0.2, 0) is 13.0 Å². The van der Waals surface area contributed by atoms with Crippen molar-refractivity contribution in [3.8, 4) is 11.4 Å². The van der Waals surface area contributed by atoms with E-state index in [0.29, 0.717) is 37.6 Å². The van der Waals surface area contributed by atoms with Crippen LogP contribution in [0.3, 0.4) is 0 Å². The van der Waals surface area contributed by atoms with Gasteiger partial charge in [0.2, 0.25) is 5.76 Å². The van der Waals surface area contributed by atoms with Gasteiger partial charge in [-0.25, -0.2) is 9.97 Å². The summed E-state index contributed by atoms with van der Waals surface area (Å²) in [5.74, 6) is 0.167. The normalized spacial score (nSPS) is 13.9. The molecule has 2 aromatic heterocycles. The fourth-order valence-corrected chi connectivity index (χ4v) is 3.41. The number of rotatable bonds is 3.